The van der Waals surface area contributed by atoms with E-state index in [4.69, 9.17) is 4.74 Å². The topological polar surface area (TPSA) is 29.5 Å². The van der Waals surface area contributed by atoms with E-state index < -0.39 is 0 Å². The number of carbonyl (C=O) groups is 1. The van der Waals surface area contributed by atoms with Gasteiger partial charge in [-0.05, 0) is 59.3 Å². The average Bonchev–Trinajstić information content (AvgIpc) is 2.42. The monoisotopic (exact) mass is 339 g/mol. The van der Waals surface area contributed by atoms with Gasteiger partial charge in [0.1, 0.15) is 5.75 Å². The number of nitrogens with zero attached hydrogens (tertiary/aromatic N) is 1. The van der Waals surface area contributed by atoms with Gasteiger partial charge in [0, 0.05) is 18.2 Å². The molecule has 0 aromatic heterocycles. The number of amides is 1. The van der Waals surface area contributed by atoms with Crippen molar-refractivity contribution in [1.82, 2.24) is 4.90 Å². The normalized spacial score (nSPS) is 26.4. The minimum atomic E-state index is 0.110. The van der Waals surface area contributed by atoms with Crippen LogP contribution in [0.3, 0.4) is 0 Å². The van der Waals surface area contributed by atoms with Crippen LogP contribution in [0.4, 0.5) is 0 Å². The quantitative estimate of drug-likeness (QED) is 0.815. The summed E-state index contributed by atoms with van der Waals surface area (Å²) in [5.74, 6) is 1.96. The van der Waals surface area contributed by atoms with Crippen LogP contribution in [0.25, 0.3) is 0 Å². The Kier molecular flexibility index (Phi) is 4.74. The van der Waals surface area contributed by atoms with Crippen LogP contribution >= 0.6 is 15.9 Å². The highest BCUT2D eigenvalue weighted by atomic mass is 79.9. The molecule has 1 aromatic carbocycles. The van der Waals surface area contributed by atoms with Crippen LogP contribution in [-0.4, -0.2) is 30.5 Å². The fraction of sp³-hybridized carbons (Fsp3) is 0.562. The standard InChI is InChI=1S/C16H22BrNO2/c1-10-7-11(2)12(3)18(9-10)16(19)13-5-6-15(20-4)14(17)8-13/h5-6,8,10-12H,7,9H2,1-4H3. The molecule has 1 heterocycles. The number of halogens is 1. The third kappa shape index (κ3) is 3.00. The molecule has 1 fully saturated rings. The lowest BCUT2D eigenvalue weighted by atomic mass is 9.85. The van der Waals surface area contributed by atoms with Gasteiger partial charge in [0.25, 0.3) is 5.91 Å². The number of benzene rings is 1. The summed E-state index contributed by atoms with van der Waals surface area (Å²) in [6.45, 7) is 7.43. The van der Waals surface area contributed by atoms with Crippen molar-refractivity contribution in [3.05, 3.63) is 28.2 Å². The summed E-state index contributed by atoms with van der Waals surface area (Å²) < 4.78 is 6.02. The van der Waals surface area contributed by atoms with Crippen molar-refractivity contribution in [2.24, 2.45) is 11.8 Å². The maximum Gasteiger partial charge on any atom is 0.254 e. The van der Waals surface area contributed by atoms with Crippen LogP contribution < -0.4 is 4.74 Å². The molecular formula is C16H22BrNO2. The van der Waals surface area contributed by atoms with Crippen LogP contribution in [0.5, 0.6) is 5.75 Å². The van der Waals surface area contributed by atoms with Gasteiger partial charge < -0.3 is 9.64 Å². The zero-order valence-corrected chi connectivity index (χ0v) is 14.1. The Morgan fingerprint density at radius 2 is 2.05 bits per heavy atom. The molecule has 1 aromatic rings. The van der Waals surface area contributed by atoms with Crippen molar-refractivity contribution >= 4 is 21.8 Å². The minimum absolute atomic E-state index is 0.110. The molecule has 0 spiro atoms. The van der Waals surface area contributed by atoms with Crippen LogP contribution in [0.1, 0.15) is 37.6 Å². The highest BCUT2D eigenvalue weighted by molar-refractivity contribution is 9.10. The first-order valence-corrected chi connectivity index (χ1v) is 7.87. The largest absolute Gasteiger partial charge is 0.496 e. The second-order valence-electron chi connectivity index (χ2n) is 5.87. The van der Waals surface area contributed by atoms with Crippen LogP contribution in [0.2, 0.25) is 0 Å². The molecule has 110 valence electrons. The van der Waals surface area contributed by atoms with Crippen LogP contribution in [0, 0.1) is 11.8 Å². The Morgan fingerprint density at radius 1 is 1.35 bits per heavy atom. The van der Waals surface area contributed by atoms with E-state index in [1.54, 1.807) is 7.11 Å². The second kappa shape index (κ2) is 6.17. The van der Waals surface area contributed by atoms with Crippen molar-refractivity contribution < 1.29 is 9.53 Å². The zero-order valence-electron chi connectivity index (χ0n) is 12.5. The molecule has 1 aliphatic heterocycles. The van der Waals surface area contributed by atoms with E-state index in [-0.39, 0.29) is 5.91 Å². The van der Waals surface area contributed by atoms with Gasteiger partial charge in [-0.3, -0.25) is 4.79 Å². The summed E-state index contributed by atoms with van der Waals surface area (Å²) in [4.78, 5) is 14.7. The fourth-order valence-corrected chi connectivity index (χ4v) is 3.49. The average molecular weight is 340 g/mol. The first kappa shape index (κ1) is 15.4. The number of methoxy groups -OCH3 is 1. The van der Waals surface area contributed by atoms with Crippen molar-refractivity contribution in [3.8, 4) is 5.75 Å². The molecule has 1 saturated heterocycles. The van der Waals surface area contributed by atoms with Gasteiger partial charge in [-0.1, -0.05) is 13.8 Å². The van der Waals surface area contributed by atoms with E-state index in [1.807, 2.05) is 23.1 Å². The Labute approximate surface area is 129 Å². The summed E-state index contributed by atoms with van der Waals surface area (Å²) in [6.07, 6.45) is 1.19. The third-order valence-electron chi connectivity index (χ3n) is 4.26. The Hall–Kier alpha value is -1.03. The number of piperidine rings is 1. The molecule has 1 aliphatic rings. The SMILES string of the molecule is COc1ccc(C(=O)N2CC(C)CC(C)C2C)cc1Br. The summed E-state index contributed by atoms with van der Waals surface area (Å²) in [7, 11) is 1.62. The molecule has 0 aliphatic carbocycles. The maximum atomic E-state index is 12.7. The number of hydrogen-bond donors (Lipinski definition) is 0. The van der Waals surface area contributed by atoms with Gasteiger partial charge in [0.15, 0.2) is 0 Å². The van der Waals surface area contributed by atoms with E-state index >= 15 is 0 Å². The summed E-state index contributed by atoms with van der Waals surface area (Å²) in [5, 5.41) is 0. The molecule has 0 N–H and O–H groups in total. The van der Waals surface area contributed by atoms with Gasteiger partial charge in [0.2, 0.25) is 0 Å². The van der Waals surface area contributed by atoms with Crippen LogP contribution in [0.15, 0.2) is 22.7 Å². The molecule has 0 bridgehead atoms. The first-order valence-electron chi connectivity index (χ1n) is 7.08. The van der Waals surface area contributed by atoms with Crippen molar-refractivity contribution in [2.75, 3.05) is 13.7 Å². The van der Waals surface area contributed by atoms with E-state index in [0.717, 1.165) is 16.8 Å². The summed E-state index contributed by atoms with van der Waals surface area (Å²) >= 11 is 3.44. The minimum Gasteiger partial charge on any atom is -0.496 e. The predicted octanol–water partition coefficient (Wildman–Crippen LogP) is 3.96. The van der Waals surface area contributed by atoms with Gasteiger partial charge >= 0.3 is 0 Å². The van der Waals surface area contributed by atoms with E-state index in [1.165, 1.54) is 6.42 Å². The van der Waals surface area contributed by atoms with Crippen molar-refractivity contribution in [3.63, 3.8) is 0 Å². The maximum absolute atomic E-state index is 12.7. The van der Waals surface area contributed by atoms with Gasteiger partial charge in [0.05, 0.1) is 11.6 Å². The molecule has 20 heavy (non-hydrogen) atoms. The van der Waals surface area contributed by atoms with E-state index in [0.29, 0.717) is 23.4 Å². The fourth-order valence-electron chi connectivity index (χ4n) is 2.95. The molecule has 3 atom stereocenters. The van der Waals surface area contributed by atoms with Crippen molar-refractivity contribution in [2.45, 2.75) is 33.2 Å². The molecular weight excluding hydrogens is 318 g/mol. The van der Waals surface area contributed by atoms with E-state index in [2.05, 4.69) is 36.7 Å². The highest BCUT2D eigenvalue weighted by Gasteiger charge is 2.32. The first-order chi connectivity index (χ1) is 9.43. The summed E-state index contributed by atoms with van der Waals surface area (Å²) in [6, 6.07) is 5.80. The molecule has 4 heteroatoms. The zero-order chi connectivity index (χ0) is 14.9. The molecule has 2 rings (SSSR count). The summed E-state index contributed by atoms with van der Waals surface area (Å²) in [5.41, 5.74) is 0.714. The smallest absolute Gasteiger partial charge is 0.254 e. The number of carbonyl (C=O) groups excluding carboxylic acids is 1. The molecule has 3 nitrogen and oxygen atoms in total. The number of rotatable bonds is 2. The lowest BCUT2D eigenvalue weighted by Crippen LogP contribution is -2.48. The second-order valence-corrected chi connectivity index (χ2v) is 6.72. The Morgan fingerprint density at radius 3 is 2.65 bits per heavy atom. The Balaban J connectivity index is 2.24. The number of ether oxygens (including phenoxy) is 1. The molecule has 0 saturated carbocycles. The van der Waals surface area contributed by atoms with E-state index in [9.17, 15) is 4.79 Å². The molecule has 0 radical (unpaired) electrons. The number of hydrogen-bond acceptors (Lipinski definition) is 2. The van der Waals surface area contributed by atoms with Gasteiger partial charge in [-0.15, -0.1) is 0 Å². The lowest BCUT2D eigenvalue weighted by molar-refractivity contribution is 0.0455. The molecule has 1 amide bonds. The van der Waals surface area contributed by atoms with Gasteiger partial charge in [-0.25, -0.2) is 0 Å². The van der Waals surface area contributed by atoms with Crippen molar-refractivity contribution in [1.29, 1.82) is 0 Å². The highest BCUT2D eigenvalue weighted by Crippen LogP contribution is 2.30. The third-order valence-corrected chi connectivity index (χ3v) is 4.88. The molecule has 3 unspecified atom stereocenters. The predicted molar refractivity (Wildman–Crippen MR) is 84.1 cm³/mol. The Bertz CT molecular complexity index is 503. The van der Waals surface area contributed by atoms with Crippen LogP contribution in [-0.2, 0) is 0 Å². The van der Waals surface area contributed by atoms with Gasteiger partial charge in [-0.2, -0.15) is 0 Å². The lowest BCUT2D eigenvalue weighted by Gasteiger charge is -2.41. The number of likely N-dealkylation sites (tertiary alicyclic amines) is 1.